The molecule has 9 atom stereocenters. The van der Waals surface area contributed by atoms with Crippen molar-refractivity contribution in [1.29, 1.82) is 0 Å². The predicted octanol–water partition coefficient (Wildman–Crippen LogP) is 6.97. The molecule has 34 heavy (non-hydrogen) atoms. The van der Waals surface area contributed by atoms with Crippen LogP contribution in [0.4, 0.5) is 0 Å². The number of hydrogen-bond acceptors (Lipinski definition) is 3. The van der Waals surface area contributed by atoms with Gasteiger partial charge in [-0.1, -0.05) is 60.1 Å². The second-order valence-corrected chi connectivity index (χ2v) is 15.2. The van der Waals surface area contributed by atoms with Crippen molar-refractivity contribution in [3.05, 3.63) is 11.6 Å². The zero-order valence-electron chi connectivity index (χ0n) is 23.2. The smallest absolute Gasteiger partial charge is 0.138 e. The summed E-state index contributed by atoms with van der Waals surface area (Å²) in [6.07, 6.45) is 12.7. The Bertz CT molecular complexity index is 904. The number of methoxy groups -OCH3 is 1. The molecule has 4 saturated carbocycles. The van der Waals surface area contributed by atoms with E-state index in [4.69, 9.17) is 4.74 Å². The maximum Gasteiger partial charge on any atom is 0.138 e. The summed E-state index contributed by atoms with van der Waals surface area (Å²) in [4.78, 5) is 13.0. The molecule has 5 aliphatic carbocycles. The summed E-state index contributed by atoms with van der Waals surface area (Å²) in [5.74, 6) is 1.85. The maximum absolute atomic E-state index is 13.0. The standard InChI is InChI=1S/C31H50O3/c1-26(2)23-9-12-31(7)25(29(23,5)11-10-24(26)33)22(34-8)17-20-21-18-27(3,19-32)13-14-28(21,4)15-16-30(20,31)6/h17,21-23,25,32H,9-16,18-19H2,1-8H3/t21-,22+,23-,25+,27-,28+,29-,30+,31+/m0/s1. The molecule has 3 nitrogen and oxygen atoms in total. The van der Waals surface area contributed by atoms with Crippen molar-refractivity contribution in [2.45, 2.75) is 112 Å². The number of aliphatic hydroxyl groups excluding tert-OH is 1. The van der Waals surface area contributed by atoms with Crippen LogP contribution in [0, 0.1) is 50.2 Å². The lowest BCUT2D eigenvalue weighted by molar-refractivity contribution is -0.210. The molecule has 0 spiro atoms. The van der Waals surface area contributed by atoms with Crippen LogP contribution in [0.25, 0.3) is 0 Å². The van der Waals surface area contributed by atoms with E-state index in [-0.39, 0.29) is 33.2 Å². The van der Waals surface area contributed by atoms with Crippen LogP contribution in [0.3, 0.4) is 0 Å². The Morgan fingerprint density at radius 3 is 2.29 bits per heavy atom. The molecule has 0 amide bonds. The quantitative estimate of drug-likeness (QED) is 0.443. The molecule has 5 rings (SSSR count). The number of allylic oxidation sites excluding steroid dienone is 1. The van der Waals surface area contributed by atoms with Gasteiger partial charge in [0.1, 0.15) is 5.78 Å². The van der Waals surface area contributed by atoms with Gasteiger partial charge in [-0.3, -0.25) is 4.79 Å². The molecule has 0 aromatic carbocycles. The molecule has 1 N–H and O–H groups in total. The van der Waals surface area contributed by atoms with Crippen LogP contribution >= 0.6 is 0 Å². The van der Waals surface area contributed by atoms with E-state index in [9.17, 15) is 9.90 Å². The Morgan fingerprint density at radius 1 is 0.971 bits per heavy atom. The summed E-state index contributed by atoms with van der Waals surface area (Å²) in [6, 6.07) is 0. The molecule has 0 bridgehead atoms. The van der Waals surface area contributed by atoms with Crippen molar-refractivity contribution in [3.8, 4) is 0 Å². The number of hydrogen-bond donors (Lipinski definition) is 1. The number of carbonyl (C=O) groups is 1. The number of carbonyl (C=O) groups excluding carboxylic acids is 1. The van der Waals surface area contributed by atoms with E-state index < -0.39 is 0 Å². The third-order valence-corrected chi connectivity index (χ3v) is 13.3. The van der Waals surface area contributed by atoms with Crippen molar-refractivity contribution in [3.63, 3.8) is 0 Å². The average molecular weight is 471 g/mol. The van der Waals surface area contributed by atoms with Gasteiger partial charge < -0.3 is 9.84 Å². The normalized spacial score (nSPS) is 54.3. The highest BCUT2D eigenvalue weighted by Crippen LogP contribution is 2.75. The van der Waals surface area contributed by atoms with Crippen LogP contribution in [-0.4, -0.2) is 30.7 Å². The lowest BCUT2D eigenvalue weighted by atomic mass is 9.33. The van der Waals surface area contributed by atoms with Crippen LogP contribution in [0.2, 0.25) is 0 Å². The molecule has 3 heteroatoms. The van der Waals surface area contributed by atoms with Gasteiger partial charge in [-0.2, -0.15) is 0 Å². The minimum atomic E-state index is -0.241. The van der Waals surface area contributed by atoms with Gasteiger partial charge in [0.15, 0.2) is 0 Å². The second kappa shape index (κ2) is 7.44. The van der Waals surface area contributed by atoms with E-state index >= 15 is 0 Å². The highest BCUT2D eigenvalue weighted by Gasteiger charge is 2.70. The fourth-order valence-corrected chi connectivity index (χ4v) is 10.6. The third-order valence-electron chi connectivity index (χ3n) is 13.3. The Kier molecular flexibility index (Phi) is 5.47. The van der Waals surface area contributed by atoms with Gasteiger partial charge in [-0.25, -0.2) is 0 Å². The van der Waals surface area contributed by atoms with Crippen LogP contribution in [-0.2, 0) is 9.53 Å². The SMILES string of the molecule is CO[C@@H]1C=C2[C@@H]3C[C@@](C)(CO)CC[C@]3(C)CC[C@@]2(C)[C@]2(C)CC[C@H]3C(C)(C)C(=O)CC[C@]3(C)[C@@H]12. The van der Waals surface area contributed by atoms with E-state index in [1.807, 2.05) is 7.11 Å². The van der Waals surface area contributed by atoms with Crippen LogP contribution in [0.5, 0.6) is 0 Å². The first-order chi connectivity index (χ1) is 15.7. The molecular formula is C31H50O3. The van der Waals surface area contributed by atoms with Gasteiger partial charge in [0.25, 0.3) is 0 Å². The van der Waals surface area contributed by atoms with Crippen LogP contribution < -0.4 is 0 Å². The second-order valence-electron chi connectivity index (χ2n) is 15.2. The van der Waals surface area contributed by atoms with Gasteiger partial charge in [-0.05, 0) is 90.3 Å². The number of aliphatic hydroxyl groups is 1. The van der Waals surface area contributed by atoms with Gasteiger partial charge in [0, 0.05) is 31.5 Å². The molecule has 5 aliphatic rings. The first-order valence-electron chi connectivity index (χ1n) is 14.1. The highest BCUT2D eigenvalue weighted by atomic mass is 16.5. The minimum absolute atomic E-state index is 0.0288. The number of ketones is 1. The van der Waals surface area contributed by atoms with Gasteiger partial charge in [0.2, 0.25) is 0 Å². The van der Waals surface area contributed by atoms with E-state index in [2.05, 4.69) is 54.5 Å². The molecule has 0 aromatic heterocycles. The number of rotatable bonds is 2. The van der Waals surface area contributed by atoms with Crippen molar-refractivity contribution in [2.24, 2.45) is 50.2 Å². The summed E-state index contributed by atoms with van der Waals surface area (Å²) in [7, 11) is 1.91. The monoisotopic (exact) mass is 470 g/mol. The topological polar surface area (TPSA) is 46.5 Å². The number of Topliss-reactive ketones (excluding diaryl/α,β-unsaturated/α-hetero) is 1. The van der Waals surface area contributed by atoms with E-state index in [1.54, 1.807) is 5.57 Å². The van der Waals surface area contributed by atoms with Crippen molar-refractivity contribution >= 4 is 5.78 Å². The third kappa shape index (κ3) is 2.98. The fourth-order valence-electron chi connectivity index (χ4n) is 10.6. The zero-order valence-corrected chi connectivity index (χ0v) is 23.2. The lowest BCUT2D eigenvalue weighted by Gasteiger charge is -2.71. The first-order valence-corrected chi connectivity index (χ1v) is 14.1. The summed E-state index contributed by atoms with van der Waals surface area (Å²) in [5, 5.41) is 10.3. The Morgan fingerprint density at radius 2 is 1.65 bits per heavy atom. The van der Waals surface area contributed by atoms with Crippen LogP contribution in [0.15, 0.2) is 11.6 Å². The van der Waals surface area contributed by atoms with E-state index in [1.165, 1.54) is 25.7 Å². The number of fused-ring (bicyclic) bond motifs is 7. The summed E-state index contributed by atoms with van der Waals surface area (Å²) in [5.41, 5.74) is 2.21. The highest BCUT2D eigenvalue weighted by molar-refractivity contribution is 5.85. The Hall–Kier alpha value is -0.670. The molecule has 0 aromatic rings. The maximum atomic E-state index is 13.0. The summed E-state index contributed by atoms with van der Waals surface area (Å²) < 4.78 is 6.41. The van der Waals surface area contributed by atoms with Crippen LogP contribution in [0.1, 0.15) is 106 Å². The van der Waals surface area contributed by atoms with E-state index in [0.717, 1.165) is 25.7 Å². The summed E-state index contributed by atoms with van der Waals surface area (Å²) >= 11 is 0. The Labute approximate surface area is 208 Å². The predicted molar refractivity (Wildman–Crippen MR) is 137 cm³/mol. The first kappa shape index (κ1) is 25.0. The Balaban J connectivity index is 1.64. The zero-order chi connectivity index (χ0) is 24.9. The molecule has 0 saturated heterocycles. The van der Waals surface area contributed by atoms with Gasteiger partial charge in [0.05, 0.1) is 6.10 Å². The molecule has 0 radical (unpaired) electrons. The van der Waals surface area contributed by atoms with Gasteiger partial charge in [-0.15, -0.1) is 0 Å². The molecule has 0 unspecified atom stereocenters. The molecule has 0 aliphatic heterocycles. The van der Waals surface area contributed by atoms with E-state index in [0.29, 0.717) is 42.0 Å². The average Bonchev–Trinajstić information content (AvgIpc) is 2.78. The number of ether oxygens (including phenoxy) is 1. The largest absolute Gasteiger partial charge is 0.396 e. The minimum Gasteiger partial charge on any atom is -0.396 e. The fraction of sp³-hybridized carbons (Fsp3) is 0.903. The molecular weight excluding hydrogens is 420 g/mol. The van der Waals surface area contributed by atoms with Crippen molar-refractivity contribution in [1.82, 2.24) is 0 Å². The van der Waals surface area contributed by atoms with Crippen molar-refractivity contribution in [2.75, 3.05) is 13.7 Å². The molecule has 4 fully saturated rings. The summed E-state index contributed by atoms with van der Waals surface area (Å²) in [6.45, 7) is 17.3. The lowest BCUT2D eigenvalue weighted by Crippen LogP contribution is -2.67. The molecule has 0 heterocycles. The molecule has 192 valence electrons. The van der Waals surface area contributed by atoms with Gasteiger partial charge >= 0.3 is 0 Å². The van der Waals surface area contributed by atoms with Crippen molar-refractivity contribution < 1.29 is 14.6 Å².